The minimum atomic E-state index is -3.80. The summed E-state index contributed by atoms with van der Waals surface area (Å²) in [6, 6.07) is 0. The van der Waals surface area contributed by atoms with Crippen molar-refractivity contribution in [3.05, 3.63) is 6.33 Å². The van der Waals surface area contributed by atoms with Crippen molar-refractivity contribution >= 4 is 36.0 Å². The van der Waals surface area contributed by atoms with Gasteiger partial charge in [0.1, 0.15) is 6.33 Å². The molecule has 1 fully saturated rings. The number of nitrogens with two attached hydrogens (primary N) is 1. The second-order valence-electron chi connectivity index (χ2n) is 4.54. The van der Waals surface area contributed by atoms with Crippen LogP contribution >= 0.6 is 19.0 Å². The molecule has 10 nitrogen and oxygen atoms in total. The van der Waals surface area contributed by atoms with Gasteiger partial charge < -0.3 is 15.4 Å². The second-order valence-corrected chi connectivity index (χ2v) is 7.30. The maximum absolute atomic E-state index is 11.0. The molecule has 1 aliphatic heterocycles. The molecule has 0 aliphatic carbocycles. The Morgan fingerprint density at radius 1 is 1.57 bits per heavy atom. The molecule has 0 radical (unpaired) electrons. The summed E-state index contributed by atoms with van der Waals surface area (Å²) in [6.07, 6.45) is 1.94. The van der Waals surface area contributed by atoms with E-state index in [2.05, 4.69) is 32.5 Å². The van der Waals surface area contributed by atoms with Crippen molar-refractivity contribution < 1.29 is 18.7 Å². The molecule has 2 aromatic rings. The van der Waals surface area contributed by atoms with Crippen LogP contribution in [0.15, 0.2) is 6.33 Å². The van der Waals surface area contributed by atoms with Crippen LogP contribution in [-0.4, -0.2) is 42.6 Å². The number of rotatable bonds is 4. The number of aromatic nitrogens is 5. The van der Waals surface area contributed by atoms with Gasteiger partial charge in [0.25, 0.3) is 0 Å². The van der Waals surface area contributed by atoms with Crippen LogP contribution < -0.4 is 5.73 Å². The van der Waals surface area contributed by atoms with E-state index in [0.717, 1.165) is 0 Å². The van der Waals surface area contributed by atoms with E-state index in [9.17, 15) is 4.57 Å². The van der Waals surface area contributed by atoms with Crippen molar-refractivity contribution in [1.29, 1.82) is 0 Å². The second kappa shape index (κ2) is 5.50. The summed E-state index contributed by atoms with van der Waals surface area (Å²) in [5.74, 6) is 0.250. The maximum atomic E-state index is 11.0. The molecule has 1 unspecified atom stereocenters. The minimum Gasteiger partial charge on any atom is -0.382 e. The molecule has 0 bridgehead atoms. The van der Waals surface area contributed by atoms with Gasteiger partial charge in [0.05, 0.1) is 12.7 Å². The Morgan fingerprint density at radius 3 is 3.14 bits per heavy atom. The van der Waals surface area contributed by atoms with Gasteiger partial charge >= 0.3 is 6.80 Å². The molecule has 21 heavy (non-hydrogen) atoms. The highest BCUT2D eigenvalue weighted by Crippen LogP contribution is 2.47. The summed E-state index contributed by atoms with van der Waals surface area (Å²) in [6.45, 7) is -3.82. The largest absolute Gasteiger partial charge is 0.383 e. The SMILES string of the molecule is Nc1ncnc2c1nnn2[C@H]1CC[C@@H](COP(=O)(O)S)O1. The summed E-state index contributed by atoms with van der Waals surface area (Å²) in [5.41, 5.74) is 6.59. The van der Waals surface area contributed by atoms with E-state index in [0.29, 0.717) is 24.0 Å². The molecule has 0 amide bonds. The van der Waals surface area contributed by atoms with Crippen LogP contribution in [0.4, 0.5) is 5.82 Å². The molecular weight excluding hydrogens is 319 g/mol. The molecule has 1 saturated heterocycles. The maximum Gasteiger partial charge on any atom is 0.383 e. The van der Waals surface area contributed by atoms with Gasteiger partial charge in [-0.3, -0.25) is 4.52 Å². The van der Waals surface area contributed by atoms with E-state index >= 15 is 0 Å². The number of hydrogen-bond acceptors (Lipinski definition) is 8. The van der Waals surface area contributed by atoms with E-state index in [-0.39, 0.29) is 24.8 Å². The highest BCUT2D eigenvalue weighted by molar-refractivity contribution is 8.44. The normalized spacial score (nSPS) is 25.2. The fraction of sp³-hybridized carbons (Fsp3) is 0.556. The highest BCUT2D eigenvalue weighted by Gasteiger charge is 2.30. The zero-order valence-electron chi connectivity index (χ0n) is 10.7. The summed E-state index contributed by atoms with van der Waals surface area (Å²) in [5, 5.41) is 7.91. The van der Waals surface area contributed by atoms with Crippen LogP contribution in [0, 0.1) is 0 Å². The van der Waals surface area contributed by atoms with Crippen molar-refractivity contribution in [3.8, 4) is 0 Å². The highest BCUT2D eigenvalue weighted by atomic mass is 32.7. The fourth-order valence-corrected chi connectivity index (χ4v) is 2.71. The van der Waals surface area contributed by atoms with Crippen molar-refractivity contribution in [2.45, 2.75) is 25.2 Å². The molecule has 0 spiro atoms. The summed E-state index contributed by atoms with van der Waals surface area (Å²) < 4.78 is 23.0. The van der Waals surface area contributed by atoms with Gasteiger partial charge in [-0.25, -0.2) is 14.5 Å². The quantitative estimate of drug-likeness (QED) is 0.540. The summed E-state index contributed by atoms with van der Waals surface area (Å²) in [7, 11) is 0. The van der Waals surface area contributed by atoms with Crippen molar-refractivity contribution in [3.63, 3.8) is 0 Å². The van der Waals surface area contributed by atoms with Gasteiger partial charge in [-0.1, -0.05) is 17.5 Å². The van der Waals surface area contributed by atoms with Gasteiger partial charge in [0, 0.05) is 0 Å². The lowest BCUT2D eigenvalue weighted by Crippen LogP contribution is -2.16. The minimum absolute atomic E-state index is 0.0163. The van der Waals surface area contributed by atoms with Crippen LogP contribution in [0.1, 0.15) is 19.1 Å². The Kier molecular flexibility index (Phi) is 3.84. The predicted molar refractivity (Wildman–Crippen MR) is 75.4 cm³/mol. The third-order valence-electron chi connectivity index (χ3n) is 3.08. The lowest BCUT2D eigenvalue weighted by molar-refractivity contribution is -0.0232. The van der Waals surface area contributed by atoms with Gasteiger partial charge in [-0.2, -0.15) is 4.68 Å². The van der Waals surface area contributed by atoms with Crippen LogP contribution in [0.3, 0.4) is 0 Å². The molecule has 3 atom stereocenters. The molecule has 3 rings (SSSR count). The first kappa shape index (κ1) is 14.7. The first-order valence-corrected chi connectivity index (χ1v) is 8.84. The number of fused-ring (bicyclic) bond motifs is 1. The van der Waals surface area contributed by atoms with E-state index < -0.39 is 6.80 Å². The summed E-state index contributed by atoms with van der Waals surface area (Å²) in [4.78, 5) is 16.9. The lowest BCUT2D eigenvalue weighted by atomic mass is 10.2. The third-order valence-corrected chi connectivity index (χ3v) is 3.91. The van der Waals surface area contributed by atoms with Gasteiger partial charge in [0.15, 0.2) is 23.2 Å². The van der Waals surface area contributed by atoms with Crippen molar-refractivity contribution in [2.24, 2.45) is 0 Å². The number of anilines is 1. The topological polar surface area (TPSA) is 138 Å². The van der Waals surface area contributed by atoms with Crippen molar-refractivity contribution in [2.75, 3.05) is 12.3 Å². The average Bonchev–Trinajstić information content (AvgIpc) is 3.02. The van der Waals surface area contributed by atoms with Crippen LogP contribution in [0.5, 0.6) is 0 Å². The molecule has 2 aromatic heterocycles. The molecule has 114 valence electrons. The lowest BCUT2D eigenvalue weighted by Gasteiger charge is -2.14. The smallest absolute Gasteiger partial charge is 0.382 e. The average molecular weight is 332 g/mol. The fourth-order valence-electron chi connectivity index (χ4n) is 2.14. The number of ether oxygens (including phenoxy) is 1. The van der Waals surface area contributed by atoms with Crippen LogP contribution in [0.2, 0.25) is 0 Å². The zero-order chi connectivity index (χ0) is 15.0. The van der Waals surface area contributed by atoms with E-state index in [1.807, 2.05) is 0 Å². The Labute approximate surface area is 124 Å². The Bertz CT molecular complexity index is 705. The number of hydrogen-bond donors (Lipinski definition) is 3. The molecule has 1 aliphatic rings. The number of nitrogens with zero attached hydrogens (tertiary/aromatic N) is 5. The standard InChI is InChI=1S/C9H13N6O4PS/c10-8-7-9(12-4-11-8)15(14-13-7)6-2-1-5(19-6)3-18-20(16,17)21/h4-6H,1-3H2,(H2,10,11,12)(H2,16,17,21)/t5-,6+/m0/s1. The Morgan fingerprint density at radius 2 is 2.38 bits per heavy atom. The monoisotopic (exact) mass is 332 g/mol. The molecule has 3 N–H and O–H groups in total. The first-order chi connectivity index (χ1) is 9.94. The van der Waals surface area contributed by atoms with E-state index in [1.165, 1.54) is 11.0 Å². The summed E-state index contributed by atoms with van der Waals surface area (Å²) >= 11 is 3.44. The molecule has 0 saturated carbocycles. The molecule has 0 aromatic carbocycles. The van der Waals surface area contributed by atoms with Gasteiger partial charge in [0.2, 0.25) is 0 Å². The zero-order valence-corrected chi connectivity index (χ0v) is 12.5. The van der Waals surface area contributed by atoms with E-state index in [4.69, 9.17) is 19.9 Å². The molecule has 12 heteroatoms. The Balaban J connectivity index is 1.73. The van der Waals surface area contributed by atoms with Gasteiger partial charge in [-0.15, -0.1) is 5.10 Å². The molecular formula is C9H13N6O4PS. The molecule has 3 heterocycles. The number of thiol groups is 1. The van der Waals surface area contributed by atoms with Crippen molar-refractivity contribution in [1.82, 2.24) is 25.0 Å². The van der Waals surface area contributed by atoms with Crippen LogP contribution in [0.25, 0.3) is 11.2 Å². The first-order valence-electron chi connectivity index (χ1n) is 6.11. The number of nitrogen functional groups attached to an aromatic ring is 1. The van der Waals surface area contributed by atoms with Crippen LogP contribution in [-0.2, 0) is 13.8 Å². The van der Waals surface area contributed by atoms with Gasteiger partial charge in [-0.05, 0) is 12.8 Å². The Hall–Kier alpha value is -1.26. The van der Waals surface area contributed by atoms with E-state index in [1.54, 1.807) is 0 Å². The third kappa shape index (κ3) is 3.16. The predicted octanol–water partition coefficient (Wildman–Crippen LogP) is 0.528.